The van der Waals surface area contributed by atoms with Gasteiger partial charge in [-0.1, -0.05) is 13.0 Å². The molecule has 36 heavy (non-hydrogen) atoms. The fraction of sp³-hybridized carbons (Fsp3) is 0.348. The Balaban J connectivity index is 1.81. The van der Waals surface area contributed by atoms with Crippen LogP contribution in [0.1, 0.15) is 30.7 Å². The summed E-state index contributed by atoms with van der Waals surface area (Å²) in [7, 11) is -0.731. The highest BCUT2D eigenvalue weighted by molar-refractivity contribution is 7.91. The van der Waals surface area contributed by atoms with Gasteiger partial charge in [-0.2, -0.15) is 0 Å². The van der Waals surface area contributed by atoms with Crippen LogP contribution in [0, 0.1) is 12.7 Å². The van der Waals surface area contributed by atoms with Crippen LogP contribution in [-0.4, -0.2) is 57.6 Å². The first-order valence-corrected chi connectivity index (χ1v) is 13.6. The lowest BCUT2D eigenvalue weighted by Crippen LogP contribution is -2.27. The second-order valence-electron chi connectivity index (χ2n) is 7.94. The predicted octanol–water partition coefficient (Wildman–Crippen LogP) is 3.58. The van der Waals surface area contributed by atoms with Crippen molar-refractivity contribution in [2.45, 2.75) is 37.7 Å². The smallest absolute Gasteiger partial charge is 0.197 e. The number of methoxy groups -OCH3 is 2. The molecular weight excluding hydrogens is 507 g/mol. The van der Waals surface area contributed by atoms with E-state index in [-0.39, 0.29) is 18.1 Å². The molecule has 0 spiro atoms. The van der Waals surface area contributed by atoms with Crippen molar-refractivity contribution in [3.05, 3.63) is 59.1 Å². The number of hydrogen-bond donors (Lipinski definition) is 0. The van der Waals surface area contributed by atoms with E-state index in [9.17, 15) is 12.8 Å². The maximum absolute atomic E-state index is 13.6. The highest BCUT2D eigenvalue weighted by Crippen LogP contribution is 2.37. The van der Waals surface area contributed by atoms with Crippen LogP contribution in [0.4, 0.5) is 4.39 Å². The number of sulfone groups is 1. The molecule has 0 aliphatic carbocycles. The minimum atomic E-state index is -3.76. The molecule has 0 saturated heterocycles. The number of ether oxygens (including phenoxy) is 2. The Hall–Kier alpha value is -3.45. The van der Waals surface area contributed by atoms with Gasteiger partial charge in [0.25, 0.3) is 0 Å². The lowest BCUT2D eigenvalue weighted by Gasteiger charge is -2.18. The molecule has 0 aliphatic rings. The third kappa shape index (κ3) is 5.21. The van der Waals surface area contributed by atoms with Gasteiger partial charge in [0.2, 0.25) is 0 Å². The lowest BCUT2D eigenvalue weighted by molar-refractivity contribution is 0.390. The molecule has 0 radical (unpaired) electrons. The lowest BCUT2D eigenvalue weighted by atomic mass is 10.2. The van der Waals surface area contributed by atoms with Crippen LogP contribution < -0.4 is 9.47 Å². The minimum Gasteiger partial charge on any atom is -0.494 e. The van der Waals surface area contributed by atoms with E-state index in [0.717, 1.165) is 18.1 Å². The Morgan fingerprint density at radius 3 is 2.33 bits per heavy atom. The number of aromatic nitrogens is 6. The molecule has 10 nitrogen and oxygen atoms in total. The van der Waals surface area contributed by atoms with Crippen LogP contribution in [0.3, 0.4) is 0 Å². The first-order valence-electron chi connectivity index (χ1n) is 11.0. The minimum absolute atomic E-state index is 0.0454. The van der Waals surface area contributed by atoms with Gasteiger partial charge >= 0.3 is 0 Å². The molecule has 1 aromatic carbocycles. The first-order chi connectivity index (χ1) is 17.3. The maximum atomic E-state index is 13.6. The molecule has 0 fully saturated rings. The van der Waals surface area contributed by atoms with Crippen molar-refractivity contribution in [3.63, 3.8) is 0 Å². The van der Waals surface area contributed by atoms with E-state index in [2.05, 4.69) is 25.1 Å². The van der Waals surface area contributed by atoms with E-state index in [0.29, 0.717) is 34.4 Å². The van der Waals surface area contributed by atoms with E-state index >= 15 is 0 Å². The number of aryl methyl sites for hydroxylation is 1. The van der Waals surface area contributed by atoms with Gasteiger partial charge in [0, 0.05) is 17.5 Å². The number of para-hydroxylation sites is 1. The summed E-state index contributed by atoms with van der Waals surface area (Å²) >= 11 is 1.37. The zero-order valence-electron chi connectivity index (χ0n) is 20.2. The van der Waals surface area contributed by atoms with Gasteiger partial charge < -0.3 is 9.47 Å². The normalized spacial score (nSPS) is 12.5. The zero-order chi connectivity index (χ0) is 25.9. The van der Waals surface area contributed by atoms with Crippen molar-refractivity contribution in [3.8, 4) is 28.0 Å². The van der Waals surface area contributed by atoms with E-state index in [1.807, 2.05) is 12.3 Å². The molecule has 0 amide bonds. The molecule has 4 aromatic rings. The fourth-order valence-electron chi connectivity index (χ4n) is 3.76. The molecule has 0 N–H and O–H groups in total. The molecular formula is C23H25FN6O4S2. The molecule has 0 aliphatic heterocycles. The van der Waals surface area contributed by atoms with Crippen molar-refractivity contribution in [1.29, 1.82) is 0 Å². The molecule has 4 rings (SSSR count). The average Bonchev–Trinajstić information content (AvgIpc) is 3.48. The number of benzene rings is 1. The topological polar surface area (TPSA) is 122 Å². The van der Waals surface area contributed by atoms with Gasteiger partial charge in [-0.3, -0.25) is 4.57 Å². The Morgan fingerprint density at radius 1 is 1.11 bits per heavy atom. The molecule has 0 bridgehead atoms. The summed E-state index contributed by atoms with van der Waals surface area (Å²) in [5, 5.41) is 10.2. The zero-order valence-corrected chi connectivity index (χ0v) is 21.8. The van der Waals surface area contributed by atoms with Crippen molar-refractivity contribution in [2.24, 2.45) is 0 Å². The molecule has 190 valence electrons. The van der Waals surface area contributed by atoms with Gasteiger partial charge in [0.1, 0.15) is 28.8 Å². The van der Waals surface area contributed by atoms with Crippen LogP contribution in [0.5, 0.6) is 11.5 Å². The quantitative estimate of drug-likeness (QED) is 0.302. The Morgan fingerprint density at radius 2 is 1.78 bits per heavy atom. The number of halogens is 1. The Kier molecular flexibility index (Phi) is 7.59. The van der Waals surface area contributed by atoms with Crippen molar-refractivity contribution in [1.82, 2.24) is 29.7 Å². The maximum Gasteiger partial charge on any atom is 0.197 e. The van der Waals surface area contributed by atoms with Crippen LogP contribution in [-0.2, 0) is 22.0 Å². The van der Waals surface area contributed by atoms with E-state index < -0.39 is 26.7 Å². The standard InChI is InChI=1S/C23H25FN6O4S2/c1-5-16(9-19-25-10-15(24)11-26-19)36(31,32)13-20-28-29-22(23-27-14(2)12-35-23)30(20)21-17(33-3)7-6-8-18(21)34-4/h6-8,10-12,16H,5,9,13H2,1-4H3/t16-/m0/s1. The SMILES string of the molecule is CC[C@@H](Cc1ncc(F)cn1)S(=O)(=O)Cc1nnc(-c2nc(C)cs2)n1-c1c(OC)cccc1OC. The van der Waals surface area contributed by atoms with Crippen LogP contribution >= 0.6 is 11.3 Å². The Bertz CT molecular complexity index is 1430. The third-order valence-corrected chi connectivity index (χ3v) is 8.68. The van der Waals surface area contributed by atoms with Gasteiger partial charge in [-0.15, -0.1) is 21.5 Å². The molecule has 13 heteroatoms. The summed E-state index contributed by atoms with van der Waals surface area (Å²) in [5.74, 6) is 0.709. The van der Waals surface area contributed by atoms with Gasteiger partial charge in [0.05, 0.1) is 31.9 Å². The van der Waals surface area contributed by atoms with Crippen LogP contribution in [0.2, 0.25) is 0 Å². The molecule has 0 unspecified atom stereocenters. The largest absolute Gasteiger partial charge is 0.494 e. The van der Waals surface area contributed by atoms with Crippen molar-refractivity contribution < 1.29 is 22.3 Å². The van der Waals surface area contributed by atoms with E-state index in [4.69, 9.17) is 9.47 Å². The van der Waals surface area contributed by atoms with Crippen molar-refractivity contribution >= 4 is 21.2 Å². The van der Waals surface area contributed by atoms with Crippen LogP contribution in [0.15, 0.2) is 36.0 Å². The molecule has 0 saturated carbocycles. The molecule has 3 heterocycles. The first kappa shape index (κ1) is 25.6. The molecule has 3 aromatic heterocycles. The highest BCUT2D eigenvalue weighted by Gasteiger charge is 2.31. The second-order valence-corrected chi connectivity index (χ2v) is 11.1. The van der Waals surface area contributed by atoms with Crippen LogP contribution in [0.25, 0.3) is 16.5 Å². The van der Waals surface area contributed by atoms with Gasteiger partial charge in [-0.05, 0) is 25.5 Å². The fourth-order valence-corrected chi connectivity index (χ4v) is 6.23. The summed E-state index contributed by atoms with van der Waals surface area (Å²) in [6.07, 6.45) is 2.40. The van der Waals surface area contributed by atoms with E-state index in [1.165, 1.54) is 25.6 Å². The molecule has 1 atom stereocenters. The summed E-state index contributed by atoms with van der Waals surface area (Å²) in [6.45, 7) is 3.63. The van der Waals surface area contributed by atoms with E-state index in [1.54, 1.807) is 29.7 Å². The van der Waals surface area contributed by atoms with Gasteiger partial charge in [0.15, 0.2) is 32.3 Å². The van der Waals surface area contributed by atoms with Gasteiger partial charge in [-0.25, -0.2) is 27.8 Å². The number of hydrogen-bond acceptors (Lipinski definition) is 10. The average molecular weight is 533 g/mol. The second kappa shape index (κ2) is 10.7. The number of rotatable bonds is 10. The number of thiazole rings is 1. The predicted molar refractivity (Wildman–Crippen MR) is 133 cm³/mol. The summed E-state index contributed by atoms with van der Waals surface area (Å²) < 4.78 is 53.1. The summed E-state index contributed by atoms with van der Waals surface area (Å²) in [5.41, 5.74) is 1.27. The summed E-state index contributed by atoms with van der Waals surface area (Å²) in [6, 6.07) is 5.26. The third-order valence-electron chi connectivity index (χ3n) is 5.54. The Labute approximate surface area is 212 Å². The summed E-state index contributed by atoms with van der Waals surface area (Å²) in [4.78, 5) is 12.4. The number of nitrogens with zero attached hydrogens (tertiary/aromatic N) is 6. The monoisotopic (exact) mass is 532 g/mol. The van der Waals surface area contributed by atoms with Crippen molar-refractivity contribution in [2.75, 3.05) is 14.2 Å². The highest BCUT2D eigenvalue weighted by atomic mass is 32.2.